The molecule has 2 nitrogen and oxygen atoms in total. The Morgan fingerprint density at radius 1 is 1.11 bits per heavy atom. The molecule has 0 heterocycles. The summed E-state index contributed by atoms with van der Waals surface area (Å²) in [6, 6.07) is 11.2. The third-order valence-electron chi connectivity index (χ3n) is 2.61. The first-order chi connectivity index (χ1) is 8.61. The van der Waals surface area contributed by atoms with Gasteiger partial charge < -0.3 is 5.11 Å². The van der Waals surface area contributed by atoms with Crippen molar-refractivity contribution in [2.24, 2.45) is 0 Å². The van der Waals surface area contributed by atoms with Crippen LogP contribution in [0.1, 0.15) is 10.4 Å². The first kappa shape index (κ1) is 12.6. The average Bonchev–Trinajstić information content (AvgIpc) is 2.38. The van der Waals surface area contributed by atoms with E-state index in [0.29, 0.717) is 4.90 Å². The molecule has 0 bridgehead atoms. The number of aromatic carboxylic acids is 1. The third-order valence-corrected chi connectivity index (χ3v) is 3.39. The molecule has 0 atom stereocenters. The van der Waals surface area contributed by atoms with E-state index in [1.54, 1.807) is 30.3 Å². The molecule has 2 rings (SSSR count). The topological polar surface area (TPSA) is 37.3 Å². The Hall–Kier alpha value is -1.81. The number of halogens is 1. The van der Waals surface area contributed by atoms with Crippen molar-refractivity contribution in [3.63, 3.8) is 0 Å². The summed E-state index contributed by atoms with van der Waals surface area (Å²) in [4.78, 5) is 11.7. The summed E-state index contributed by atoms with van der Waals surface area (Å²) in [6.45, 7) is 0. The maximum absolute atomic E-state index is 12.8. The first-order valence-corrected chi connectivity index (χ1v) is 6.51. The average molecular weight is 262 g/mol. The predicted octanol–water partition coefficient (Wildman–Crippen LogP) is 3.91. The van der Waals surface area contributed by atoms with Crippen molar-refractivity contribution in [1.29, 1.82) is 0 Å². The van der Waals surface area contributed by atoms with E-state index in [1.807, 2.05) is 6.26 Å². The maximum Gasteiger partial charge on any atom is 0.336 e. The third kappa shape index (κ3) is 2.54. The van der Waals surface area contributed by atoms with Gasteiger partial charge in [0.1, 0.15) is 5.82 Å². The normalized spacial score (nSPS) is 10.3. The molecule has 92 valence electrons. The highest BCUT2D eigenvalue weighted by Gasteiger charge is 2.10. The van der Waals surface area contributed by atoms with Crippen LogP contribution in [0.5, 0.6) is 0 Å². The van der Waals surface area contributed by atoms with Gasteiger partial charge in [-0.25, -0.2) is 9.18 Å². The molecule has 0 saturated heterocycles. The number of thioether (sulfide) groups is 1. The number of hydrogen-bond donors (Lipinski definition) is 1. The van der Waals surface area contributed by atoms with E-state index in [0.717, 1.165) is 11.1 Å². The standard InChI is InChI=1S/C14H11FO2S/c1-18-13-8-10(4-7-12(13)14(16)17)9-2-5-11(15)6-3-9/h2-8H,1H3,(H,16,17). The molecule has 0 amide bonds. The molecule has 0 aromatic heterocycles. The zero-order valence-electron chi connectivity index (χ0n) is 9.68. The van der Waals surface area contributed by atoms with Crippen LogP contribution in [0.15, 0.2) is 47.4 Å². The van der Waals surface area contributed by atoms with Crippen LogP contribution in [0.4, 0.5) is 4.39 Å². The zero-order chi connectivity index (χ0) is 13.1. The summed E-state index contributed by atoms with van der Waals surface area (Å²) in [5.74, 6) is -1.23. The van der Waals surface area contributed by atoms with Gasteiger partial charge in [0, 0.05) is 4.90 Å². The second-order valence-corrected chi connectivity index (χ2v) is 4.58. The van der Waals surface area contributed by atoms with Crippen LogP contribution in [0, 0.1) is 5.82 Å². The quantitative estimate of drug-likeness (QED) is 0.852. The number of benzene rings is 2. The number of hydrogen-bond acceptors (Lipinski definition) is 2. The Labute approximate surface area is 108 Å². The lowest BCUT2D eigenvalue weighted by atomic mass is 10.0. The van der Waals surface area contributed by atoms with E-state index in [1.165, 1.54) is 23.9 Å². The molecule has 0 radical (unpaired) electrons. The molecule has 0 spiro atoms. The fourth-order valence-corrected chi connectivity index (χ4v) is 2.31. The van der Waals surface area contributed by atoms with E-state index in [2.05, 4.69) is 0 Å². The van der Waals surface area contributed by atoms with E-state index in [4.69, 9.17) is 5.11 Å². The van der Waals surface area contributed by atoms with Gasteiger partial charge in [0.15, 0.2) is 0 Å². The van der Waals surface area contributed by atoms with Crippen LogP contribution >= 0.6 is 11.8 Å². The lowest BCUT2D eigenvalue weighted by Crippen LogP contribution is -1.98. The van der Waals surface area contributed by atoms with Gasteiger partial charge >= 0.3 is 5.97 Å². The number of rotatable bonds is 3. The second-order valence-electron chi connectivity index (χ2n) is 3.73. The van der Waals surface area contributed by atoms with Gasteiger partial charge in [0.2, 0.25) is 0 Å². The first-order valence-electron chi connectivity index (χ1n) is 5.29. The molecule has 0 fully saturated rings. The van der Waals surface area contributed by atoms with Gasteiger partial charge in [-0.05, 0) is 41.6 Å². The molecule has 18 heavy (non-hydrogen) atoms. The molecule has 0 aliphatic rings. The molecule has 2 aromatic rings. The van der Waals surface area contributed by atoms with Crippen LogP contribution in [0.25, 0.3) is 11.1 Å². The molecule has 0 saturated carbocycles. The molecule has 0 aliphatic heterocycles. The fraction of sp³-hybridized carbons (Fsp3) is 0.0714. The summed E-state index contributed by atoms with van der Waals surface area (Å²) in [6.07, 6.45) is 1.83. The number of carbonyl (C=O) groups is 1. The van der Waals surface area contributed by atoms with Gasteiger partial charge in [0.25, 0.3) is 0 Å². The van der Waals surface area contributed by atoms with Gasteiger partial charge in [-0.2, -0.15) is 0 Å². The Morgan fingerprint density at radius 2 is 1.72 bits per heavy atom. The minimum atomic E-state index is -0.940. The highest BCUT2D eigenvalue weighted by molar-refractivity contribution is 7.98. The minimum absolute atomic E-state index is 0.286. The Kier molecular flexibility index (Phi) is 3.67. The van der Waals surface area contributed by atoms with E-state index in [-0.39, 0.29) is 11.4 Å². The highest BCUT2D eigenvalue weighted by Crippen LogP contribution is 2.28. The van der Waals surface area contributed by atoms with E-state index in [9.17, 15) is 9.18 Å². The maximum atomic E-state index is 12.8. The predicted molar refractivity (Wildman–Crippen MR) is 70.6 cm³/mol. The van der Waals surface area contributed by atoms with Crippen molar-refractivity contribution in [1.82, 2.24) is 0 Å². The van der Waals surface area contributed by atoms with Crippen LogP contribution in [0.3, 0.4) is 0 Å². The van der Waals surface area contributed by atoms with Crippen LogP contribution in [-0.4, -0.2) is 17.3 Å². The van der Waals surface area contributed by atoms with Crippen molar-refractivity contribution in [3.05, 3.63) is 53.8 Å². The summed E-state index contributed by atoms with van der Waals surface area (Å²) in [5, 5.41) is 9.03. The molecular weight excluding hydrogens is 251 g/mol. The minimum Gasteiger partial charge on any atom is -0.478 e. The van der Waals surface area contributed by atoms with Gasteiger partial charge in [-0.15, -0.1) is 11.8 Å². The van der Waals surface area contributed by atoms with Gasteiger partial charge in [-0.3, -0.25) is 0 Å². The smallest absolute Gasteiger partial charge is 0.336 e. The van der Waals surface area contributed by atoms with E-state index < -0.39 is 5.97 Å². The summed E-state index contributed by atoms with van der Waals surface area (Å²) >= 11 is 1.38. The Balaban J connectivity index is 2.47. The molecule has 1 N–H and O–H groups in total. The molecular formula is C14H11FO2S. The van der Waals surface area contributed by atoms with Gasteiger partial charge in [0.05, 0.1) is 5.56 Å². The molecule has 0 unspecified atom stereocenters. The summed E-state index contributed by atoms with van der Waals surface area (Å²) in [5.41, 5.74) is 2.03. The zero-order valence-corrected chi connectivity index (χ0v) is 10.5. The second kappa shape index (κ2) is 5.23. The summed E-state index contributed by atoms with van der Waals surface area (Å²) in [7, 11) is 0. The lowest BCUT2D eigenvalue weighted by molar-refractivity contribution is 0.0693. The fourth-order valence-electron chi connectivity index (χ4n) is 1.69. The van der Waals surface area contributed by atoms with Gasteiger partial charge in [-0.1, -0.05) is 18.2 Å². The highest BCUT2D eigenvalue weighted by atomic mass is 32.2. The van der Waals surface area contributed by atoms with Crippen LogP contribution in [0.2, 0.25) is 0 Å². The molecule has 4 heteroatoms. The summed E-state index contributed by atoms with van der Waals surface area (Å²) < 4.78 is 12.8. The van der Waals surface area contributed by atoms with Crippen molar-refractivity contribution in [3.8, 4) is 11.1 Å². The lowest BCUT2D eigenvalue weighted by Gasteiger charge is -2.07. The van der Waals surface area contributed by atoms with E-state index >= 15 is 0 Å². The molecule has 2 aromatic carbocycles. The van der Waals surface area contributed by atoms with Crippen LogP contribution < -0.4 is 0 Å². The Morgan fingerprint density at radius 3 is 2.28 bits per heavy atom. The monoisotopic (exact) mass is 262 g/mol. The van der Waals surface area contributed by atoms with Crippen molar-refractivity contribution < 1.29 is 14.3 Å². The number of carboxylic acids is 1. The van der Waals surface area contributed by atoms with Crippen molar-refractivity contribution in [2.45, 2.75) is 4.90 Å². The van der Waals surface area contributed by atoms with Crippen molar-refractivity contribution >= 4 is 17.7 Å². The van der Waals surface area contributed by atoms with Crippen molar-refractivity contribution in [2.75, 3.05) is 6.26 Å². The Bertz CT molecular complexity index is 579. The largest absolute Gasteiger partial charge is 0.478 e. The number of carboxylic acid groups (broad SMARTS) is 1. The molecule has 0 aliphatic carbocycles. The SMILES string of the molecule is CSc1cc(-c2ccc(F)cc2)ccc1C(=O)O. The van der Waals surface area contributed by atoms with Crippen LogP contribution in [-0.2, 0) is 0 Å².